The van der Waals surface area contributed by atoms with E-state index in [-0.39, 0.29) is 16.9 Å². The highest BCUT2D eigenvalue weighted by atomic mass is 16.5. The standard InChI is InChI=1S/C16H27N5O3/c1-19-14(22)13(18-20(2)15(19)23)17-12-16(6-4-3-5-7-16)21-8-10-24-11-9-21/h3-12H2,1-2H3,(H,17,18). The van der Waals surface area contributed by atoms with Crippen molar-refractivity contribution in [2.45, 2.75) is 37.6 Å². The van der Waals surface area contributed by atoms with E-state index < -0.39 is 5.69 Å². The van der Waals surface area contributed by atoms with Gasteiger partial charge < -0.3 is 10.1 Å². The van der Waals surface area contributed by atoms with Gasteiger partial charge in [-0.05, 0) is 12.8 Å². The maximum Gasteiger partial charge on any atom is 0.346 e. The van der Waals surface area contributed by atoms with Crippen LogP contribution in [0.4, 0.5) is 5.82 Å². The van der Waals surface area contributed by atoms with Gasteiger partial charge in [-0.15, -0.1) is 5.10 Å². The van der Waals surface area contributed by atoms with Crippen molar-refractivity contribution in [2.24, 2.45) is 14.1 Å². The minimum absolute atomic E-state index is 0.0451. The molecule has 1 aromatic rings. The highest BCUT2D eigenvalue weighted by Gasteiger charge is 2.38. The van der Waals surface area contributed by atoms with Gasteiger partial charge in [-0.3, -0.25) is 14.3 Å². The number of hydrogen-bond acceptors (Lipinski definition) is 6. The molecule has 1 aromatic heterocycles. The van der Waals surface area contributed by atoms with Gasteiger partial charge >= 0.3 is 5.69 Å². The number of nitrogens with zero attached hydrogens (tertiary/aromatic N) is 4. The topological polar surface area (TPSA) is 81.4 Å². The van der Waals surface area contributed by atoms with Crippen LogP contribution in [0.2, 0.25) is 0 Å². The Labute approximate surface area is 141 Å². The summed E-state index contributed by atoms with van der Waals surface area (Å²) < 4.78 is 7.79. The molecule has 0 spiro atoms. The predicted molar refractivity (Wildman–Crippen MR) is 91.4 cm³/mol. The van der Waals surface area contributed by atoms with E-state index in [2.05, 4.69) is 15.3 Å². The quantitative estimate of drug-likeness (QED) is 0.828. The van der Waals surface area contributed by atoms with E-state index in [0.717, 1.165) is 43.7 Å². The van der Waals surface area contributed by atoms with Crippen LogP contribution in [-0.2, 0) is 18.8 Å². The Morgan fingerprint density at radius 2 is 1.79 bits per heavy atom. The minimum atomic E-state index is -0.411. The Balaban J connectivity index is 1.81. The molecule has 1 N–H and O–H groups in total. The number of hydrogen-bond donors (Lipinski definition) is 1. The van der Waals surface area contributed by atoms with Crippen molar-refractivity contribution < 1.29 is 4.74 Å². The first-order valence-corrected chi connectivity index (χ1v) is 8.74. The summed E-state index contributed by atoms with van der Waals surface area (Å²) in [7, 11) is 3.04. The van der Waals surface area contributed by atoms with Gasteiger partial charge in [0, 0.05) is 39.3 Å². The summed E-state index contributed by atoms with van der Waals surface area (Å²) in [6.45, 7) is 4.07. The molecule has 8 heteroatoms. The third-order valence-corrected chi connectivity index (χ3v) is 5.37. The van der Waals surface area contributed by atoms with Crippen LogP contribution in [0.1, 0.15) is 32.1 Å². The van der Waals surface area contributed by atoms with E-state index in [9.17, 15) is 9.59 Å². The molecule has 0 radical (unpaired) electrons. The summed E-state index contributed by atoms with van der Waals surface area (Å²) in [6.07, 6.45) is 5.92. The second-order valence-electron chi connectivity index (χ2n) is 6.86. The van der Waals surface area contributed by atoms with E-state index >= 15 is 0 Å². The van der Waals surface area contributed by atoms with E-state index in [0.29, 0.717) is 6.54 Å². The Morgan fingerprint density at radius 1 is 1.12 bits per heavy atom. The molecule has 1 aliphatic carbocycles. The first kappa shape index (κ1) is 17.2. The van der Waals surface area contributed by atoms with Gasteiger partial charge in [-0.2, -0.15) is 0 Å². The van der Waals surface area contributed by atoms with Crippen molar-refractivity contribution in [3.63, 3.8) is 0 Å². The van der Waals surface area contributed by atoms with Gasteiger partial charge in [-0.25, -0.2) is 9.48 Å². The smallest absolute Gasteiger partial charge is 0.346 e. The average molecular weight is 337 g/mol. The zero-order valence-corrected chi connectivity index (χ0v) is 14.6. The van der Waals surface area contributed by atoms with E-state index in [1.54, 1.807) is 7.05 Å². The minimum Gasteiger partial charge on any atom is -0.379 e. The van der Waals surface area contributed by atoms with E-state index in [4.69, 9.17) is 4.74 Å². The molecule has 1 saturated carbocycles. The summed E-state index contributed by atoms with van der Waals surface area (Å²) in [4.78, 5) is 26.6. The Morgan fingerprint density at radius 3 is 2.46 bits per heavy atom. The van der Waals surface area contributed by atoms with Crippen molar-refractivity contribution >= 4 is 5.82 Å². The third-order valence-electron chi connectivity index (χ3n) is 5.37. The van der Waals surface area contributed by atoms with Gasteiger partial charge in [0.15, 0.2) is 0 Å². The van der Waals surface area contributed by atoms with Crippen molar-refractivity contribution in [3.8, 4) is 0 Å². The molecule has 134 valence electrons. The lowest BCUT2D eigenvalue weighted by Gasteiger charge is -2.48. The molecule has 0 amide bonds. The maximum atomic E-state index is 12.3. The van der Waals surface area contributed by atoms with Crippen LogP contribution in [-0.4, -0.2) is 57.6 Å². The molecule has 0 aromatic carbocycles. The fraction of sp³-hybridized carbons (Fsp3) is 0.812. The van der Waals surface area contributed by atoms with Crippen molar-refractivity contribution in [2.75, 3.05) is 38.2 Å². The Bertz CT molecular complexity index is 684. The summed E-state index contributed by atoms with van der Waals surface area (Å²) >= 11 is 0. The number of aryl methyl sites for hydroxylation is 1. The van der Waals surface area contributed by atoms with Crippen LogP contribution in [0, 0.1) is 0 Å². The Hall–Kier alpha value is -1.67. The Kier molecular flexibility index (Phi) is 5.05. The second-order valence-corrected chi connectivity index (χ2v) is 6.86. The number of aromatic nitrogens is 3. The number of nitrogens with one attached hydrogen (secondary N) is 1. The molecule has 2 aliphatic rings. The maximum absolute atomic E-state index is 12.3. The summed E-state index contributed by atoms with van der Waals surface area (Å²) in [5, 5.41) is 7.35. The predicted octanol–water partition coefficient (Wildman–Crippen LogP) is -0.0740. The zero-order chi connectivity index (χ0) is 17.2. The number of rotatable bonds is 4. The van der Waals surface area contributed by atoms with E-state index in [1.165, 1.54) is 31.0 Å². The van der Waals surface area contributed by atoms with Gasteiger partial charge in [0.25, 0.3) is 5.56 Å². The molecular weight excluding hydrogens is 310 g/mol. The van der Waals surface area contributed by atoms with Crippen LogP contribution in [0.25, 0.3) is 0 Å². The van der Waals surface area contributed by atoms with Crippen molar-refractivity contribution in [1.82, 2.24) is 19.2 Å². The summed E-state index contributed by atoms with van der Waals surface area (Å²) in [5.74, 6) is 0.248. The van der Waals surface area contributed by atoms with Crippen molar-refractivity contribution in [1.29, 1.82) is 0 Å². The average Bonchev–Trinajstić information content (AvgIpc) is 2.63. The zero-order valence-electron chi connectivity index (χ0n) is 14.6. The van der Waals surface area contributed by atoms with Gasteiger partial charge in [0.2, 0.25) is 5.82 Å². The molecule has 0 unspecified atom stereocenters. The second kappa shape index (κ2) is 7.06. The molecule has 2 heterocycles. The number of ether oxygens (including phenoxy) is 1. The summed E-state index contributed by atoms with van der Waals surface area (Å²) in [5.41, 5.74) is -0.735. The molecular formula is C16H27N5O3. The molecule has 0 bridgehead atoms. The van der Waals surface area contributed by atoms with Crippen LogP contribution < -0.4 is 16.6 Å². The first-order chi connectivity index (χ1) is 11.5. The summed E-state index contributed by atoms with van der Waals surface area (Å²) in [6, 6.07) is 0. The molecule has 3 rings (SSSR count). The molecule has 1 saturated heterocycles. The normalized spacial score (nSPS) is 21.6. The van der Waals surface area contributed by atoms with Crippen molar-refractivity contribution in [3.05, 3.63) is 20.8 Å². The number of morpholine rings is 1. The van der Waals surface area contributed by atoms with Gasteiger partial charge in [-0.1, -0.05) is 19.3 Å². The highest BCUT2D eigenvalue weighted by Crippen LogP contribution is 2.34. The van der Waals surface area contributed by atoms with Crippen LogP contribution in [0.3, 0.4) is 0 Å². The molecule has 8 nitrogen and oxygen atoms in total. The fourth-order valence-electron chi connectivity index (χ4n) is 3.91. The lowest BCUT2D eigenvalue weighted by atomic mass is 9.79. The van der Waals surface area contributed by atoms with Crippen LogP contribution >= 0.6 is 0 Å². The van der Waals surface area contributed by atoms with Gasteiger partial charge in [0.1, 0.15) is 0 Å². The molecule has 2 fully saturated rings. The monoisotopic (exact) mass is 337 g/mol. The lowest BCUT2D eigenvalue weighted by molar-refractivity contribution is -0.0319. The molecule has 0 atom stereocenters. The van der Waals surface area contributed by atoms with Crippen LogP contribution in [0.5, 0.6) is 0 Å². The van der Waals surface area contributed by atoms with Gasteiger partial charge in [0.05, 0.1) is 13.2 Å². The largest absolute Gasteiger partial charge is 0.379 e. The first-order valence-electron chi connectivity index (χ1n) is 8.74. The SMILES string of the molecule is Cn1nc(NCC2(N3CCOCC3)CCCCC2)c(=O)n(C)c1=O. The highest BCUT2D eigenvalue weighted by molar-refractivity contribution is 5.30. The van der Waals surface area contributed by atoms with Crippen LogP contribution in [0.15, 0.2) is 9.59 Å². The number of anilines is 1. The molecule has 24 heavy (non-hydrogen) atoms. The third kappa shape index (κ3) is 3.25. The molecule has 1 aliphatic heterocycles. The lowest BCUT2D eigenvalue weighted by Crippen LogP contribution is -2.58. The van der Waals surface area contributed by atoms with E-state index in [1.807, 2.05) is 0 Å². The fourth-order valence-corrected chi connectivity index (χ4v) is 3.91.